The number of halogens is 2. The zero-order chi connectivity index (χ0) is 14.0. The number of carbonyl (C=O) groups excluding carboxylic acids is 1. The highest BCUT2D eigenvalue weighted by atomic mass is 35.5. The van der Waals surface area contributed by atoms with Crippen LogP contribution in [0.5, 0.6) is 5.75 Å². The summed E-state index contributed by atoms with van der Waals surface area (Å²) in [6, 6.07) is 8.70. The van der Waals surface area contributed by atoms with Crippen LogP contribution in [0.15, 0.2) is 36.4 Å². The lowest BCUT2D eigenvalue weighted by Crippen LogP contribution is -2.14. The van der Waals surface area contributed by atoms with Crippen LogP contribution in [0, 0.1) is 12.7 Å². The minimum absolute atomic E-state index is 0.00674. The van der Waals surface area contributed by atoms with Gasteiger partial charge in [0.25, 0.3) is 5.91 Å². The fraction of sp³-hybridized carbons (Fsp3) is 0.0714. The van der Waals surface area contributed by atoms with E-state index in [1.54, 1.807) is 19.1 Å². The van der Waals surface area contributed by atoms with Gasteiger partial charge < -0.3 is 10.4 Å². The van der Waals surface area contributed by atoms with Crippen molar-refractivity contribution in [1.29, 1.82) is 0 Å². The largest absolute Gasteiger partial charge is 0.508 e. The molecule has 2 aromatic carbocycles. The first-order valence-corrected chi connectivity index (χ1v) is 5.92. The van der Waals surface area contributed by atoms with Gasteiger partial charge in [-0.3, -0.25) is 4.79 Å². The first-order chi connectivity index (χ1) is 9.00. The van der Waals surface area contributed by atoms with Crippen LogP contribution in [0.2, 0.25) is 5.02 Å². The van der Waals surface area contributed by atoms with Gasteiger partial charge in [0.05, 0.1) is 10.7 Å². The molecule has 0 saturated heterocycles. The van der Waals surface area contributed by atoms with Crippen molar-refractivity contribution in [1.82, 2.24) is 0 Å². The van der Waals surface area contributed by atoms with Crippen molar-refractivity contribution in [2.75, 3.05) is 5.32 Å². The average Bonchev–Trinajstić information content (AvgIpc) is 2.37. The summed E-state index contributed by atoms with van der Waals surface area (Å²) in [7, 11) is 0. The predicted molar refractivity (Wildman–Crippen MR) is 72.2 cm³/mol. The second kappa shape index (κ2) is 5.28. The van der Waals surface area contributed by atoms with E-state index in [-0.39, 0.29) is 22.0 Å². The number of hydrogen-bond donors (Lipinski definition) is 2. The Hall–Kier alpha value is -2.07. The van der Waals surface area contributed by atoms with E-state index in [1.807, 2.05) is 0 Å². The Morgan fingerprint density at radius 2 is 1.95 bits per heavy atom. The highest BCUT2D eigenvalue weighted by Crippen LogP contribution is 2.26. The Morgan fingerprint density at radius 1 is 1.26 bits per heavy atom. The van der Waals surface area contributed by atoms with Crippen LogP contribution < -0.4 is 5.32 Å². The normalized spacial score (nSPS) is 10.3. The summed E-state index contributed by atoms with van der Waals surface area (Å²) in [6.07, 6.45) is 0. The Kier molecular flexibility index (Phi) is 3.71. The number of benzene rings is 2. The highest BCUT2D eigenvalue weighted by Gasteiger charge is 2.15. The summed E-state index contributed by atoms with van der Waals surface area (Å²) in [4.78, 5) is 12.0. The predicted octanol–water partition coefficient (Wildman–Crippen LogP) is 3.75. The molecule has 1 amide bonds. The monoisotopic (exact) mass is 279 g/mol. The second-order valence-electron chi connectivity index (χ2n) is 4.00. The molecule has 0 aliphatic rings. The van der Waals surface area contributed by atoms with Crippen molar-refractivity contribution >= 4 is 23.2 Å². The molecular weight excluding hydrogens is 269 g/mol. The molecule has 0 aliphatic heterocycles. The maximum atomic E-state index is 13.6. The van der Waals surface area contributed by atoms with Gasteiger partial charge >= 0.3 is 0 Å². The number of rotatable bonds is 2. The topological polar surface area (TPSA) is 49.3 Å². The molecule has 19 heavy (non-hydrogen) atoms. The van der Waals surface area contributed by atoms with Gasteiger partial charge in [-0.25, -0.2) is 4.39 Å². The van der Waals surface area contributed by atoms with Crippen molar-refractivity contribution < 1.29 is 14.3 Å². The van der Waals surface area contributed by atoms with E-state index in [0.29, 0.717) is 5.56 Å². The molecule has 0 fully saturated rings. The van der Waals surface area contributed by atoms with Crippen LogP contribution in [0.3, 0.4) is 0 Å². The van der Waals surface area contributed by atoms with Gasteiger partial charge in [-0.2, -0.15) is 0 Å². The maximum Gasteiger partial charge on any atom is 0.256 e. The van der Waals surface area contributed by atoms with E-state index in [2.05, 4.69) is 5.32 Å². The Bertz CT molecular complexity index is 623. The summed E-state index contributed by atoms with van der Waals surface area (Å²) in [5.41, 5.74) is 0.615. The smallest absolute Gasteiger partial charge is 0.256 e. The van der Waals surface area contributed by atoms with Crippen LogP contribution in [0.4, 0.5) is 10.1 Å². The number of phenolic OH excluding ortho intramolecular Hbond substituents is 1. The number of carbonyl (C=O) groups is 1. The third-order valence-electron chi connectivity index (χ3n) is 2.75. The lowest BCUT2D eigenvalue weighted by molar-refractivity contribution is 0.102. The number of anilines is 1. The molecule has 0 aromatic heterocycles. The van der Waals surface area contributed by atoms with Crippen molar-refractivity contribution in [3.8, 4) is 5.75 Å². The van der Waals surface area contributed by atoms with E-state index < -0.39 is 11.7 Å². The van der Waals surface area contributed by atoms with E-state index in [0.717, 1.165) is 0 Å². The lowest BCUT2D eigenvalue weighted by Gasteiger charge is -2.10. The number of aromatic hydroxyl groups is 1. The quantitative estimate of drug-likeness (QED) is 0.880. The average molecular weight is 280 g/mol. The molecule has 2 aromatic rings. The Labute approximate surface area is 114 Å². The van der Waals surface area contributed by atoms with Gasteiger partial charge in [-0.05, 0) is 31.2 Å². The number of para-hydroxylation sites is 1. The molecule has 3 nitrogen and oxygen atoms in total. The third kappa shape index (κ3) is 2.69. The van der Waals surface area contributed by atoms with Gasteiger partial charge in [-0.1, -0.05) is 23.7 Å². The summed E-state index contributed by atoms with van der Waals surface area (Å²) < 4.78 is 13.6. The number of nitrogens with one attached hydrogen (secondary N) is 1. The molecule has 0 saturated carbocycles. The minimum atomic E-state index is -0.612. The first kappa shape index (κ1) is 13.4. The van der Waals surface area contributed by atoms with Gasteiger partial charge in [0.1, 0.15) is 11.6 Å². The molecule has 0 spiro atoms. The van der Waals surface area contributed by atoms with E-state index in [4.69, 9.17) is 11.6 Å². The molecule has 98 valence electrons. The maximum absolute atomic E-state index is 13.6. The molecule has 0 bridgehead atoms. The third-order valence-corrected chi connectivity index (χ3v) is 3.07. The van der Waals surface area contributed by atoms with E-state index in [1.165, 1.54) is 24.3 Å². The van der Waals surface area contributed by atoms with Crippen LogP contribution in [0.1, 0.15) is 15.9 Å². The van der Waals surface area contributed by atoms with Gasteiger partial charge in [0.2, 0.25) is 0 Å². The summed E-state index contributed by atoms with van der Waals surface area (Å²) >= 11 is 5.83. The molecule has 5 heteroatoms. The van der Waals surface area contributed by atoms with Crippen LogP contribution in [-0.2, 0) is 0 Å². The van der Waals surface area contributed by atoms with Crippen LogP contribution >= 0.6 is 11.6 Å². The fourth-order valence-electron chi connectivity index (χ4n) is 1.67. The molecule has 0 aliphatic carbocycles. The Balaban J connectivity index is 2.34. The van der Waals surface area contributed by atoms with Gasteiger partial charge in [0.15, 0.2) is 0 Å². The lowest BCUT2D eigenvalue weighted by atomic mass is 10.1. The zero-order valence-corrected chi connectivity index (χ0v) is 10.8. The van der Waals surface area contributed by atoms with Crippen molar-refractivity contribution in [2.45, 2.75) is 6.92 Å². The standard InChI is InChI=1S/C14H11ClFNO2/c1-8-9(4-2-7-12(8)18)14(19)17-13-10(15)5-3-6-11(13)16/h2-7,18H,1H3,(H,17,19). The molecule has 2 N–H and O–H groups in total. The first-order valence-electron chi connectivity index (χ1n) is 5.54. The van der Waals surface area contributed by atoms with Crippen molar-refractivity contribution in [3.05, 3.63) is 58.4 Å². The molecule has 0 radical (unpaired) electrons. The summed E-state index contributed by atoms with van der Waals surface area (Å²) in [5.74, 6) is -1.13. The summed E-state index contributed by atoms with van der Waals surface area (Å²) in [5, 5.41) is 12.1. The SMILES string of the molecule is Cc1c(O)cccc1C(=O)Nc1c(F)cccc1Cl. The minimum Gasteiger partial charge on any atom is -0.508 e. The van der Waals surface area contributed by atoms with Crippen molar-refractivity contribution in [3.63, 3.8) is 0 Å². The van der Waals surface area contributed by atoms with Gasteiger partial charge in [0, 0.05) is 11.1 Å². The second-order valence-corrected chi connectivity index (χ2v) is 4.41. The van der Waals surface area contributed by atoms with Crippen LogP contribution in [-0.4, -0.2) is 11.0 Å². The molecule has 2 rings (SSSR count). The molecule has 0 heterocycles. The van der Waals surface area contributed by atoms with E-state index in [9.17, 15) is 14.3 Å². The van der Waals surface area contributed by atoms with Crippen molar-refractivity contribution in [2.24, 2.45) is 0 Å². The fourth-order valence-corrected chi connectivity index (χ4v) is 1.88. The molecule has 0 unspecified atom stereocenters. The summed E-state index contributed by atoms with van der Waals surface area (Å²) in [6.45, 7) is 1.60. The van der Waals surface area contributed by atoms with Gasteiger partial charge in [-0.15, -0.1) is 0 Å². The number of amides is 1. The Morgan fingerprint density at radius 3 is 2.63 bits per heavy atom. The highest BCUT2D eigenvalue weighted by molar-refractivity contribution is 6.34. The van der Waals surface area contributed by atoms with Crippen LogP contribution in [0.25, 0.3) is 0 Å². The number of phenols is 1. The zero-order valence-electron chi connectivity index (χ0n) is 10.1. The molecular formula is C14H11ClFNO2. The van der Waals surface area contributed by atoms with E-state index >= 15 is 0 Å². The number of hydrogen-bond acceptors (Lipinski definition) is 2. The molecule has 0 atom stereocenters.